The predicted octanol–water partition coefficient (Wildman–Crippen LogP) is 11.5. The van der Waals surface area contributed by atoms with Crippen LogP contribution < -0.4 is 5.32 Å². The number of hydrogen-bond donors (Lipinski definition) is 9. The third-order valence-corrected chi connectivity index (χ3v) is 15.1. The molecule has 2 aliphatic rings. The Labute approximate surface area is 478 Å². The maximum atomic E-state index is 13.2. The molecule has 9 N–H and O–H groups in total. The number of carbonyl (C=O) groups excluding carboxylic acids is 1. The number of ether oxygens (including phenoxy) is 4. The molecule has 0 spiro atoms. The molecule has 12 atom stereocenters. The lowest BCUT2D eigenvalue weighted by Crippen LogP contribution is -2.65. The van der Waals surface area contributed by atoms with Crippen molar-refractivity contribution in [3.05, 3.63) is 72.9 Å². The summed E-state index contributed by atoms with van der Waals surface area (Å²) in [5.74, 6) is -0.242. The molecule has 1 amide bonds. The maximum Gasteiger partial charge on any atom is 0.220 e. The van der Waals surface area contributed by atoms with Crippen LogP contribution in [0.15, 0.2) is 72.9 Å². The van der Waals surface area contributed by atoms with Gasteiger partial charge in [0.25, 0.3) is 0 Å². The van der Waals surface area contributed by atoms with E-state index in [0.29, 0.717) is 6.42 Å². The second kappa shape index (κ2) is 50.0. The van der Waals surface area contributed by atoms with E-state index >= 15 is 0 Å². The van der Waals surface area contributed by atoms with Gasteiger partial charge in [-0.1, -0.05) is 241 Å². The fourth-order valence-corrected chi connectivity index (χ4v) is 10.1. The molecule has 0 aromatic rings. The van der Waals surface area contributed by atoms with Crippen LogP contribution in [0.2, 0.25) is 0 Å². The largest absolute Gasteiger partial charge is 0.394 e. The van der Waals surface area contributed by atoms with E-state index in [1.54, 1.807) is 6.08 Å². The molecule has 2 rings (SSSR count). The van der Waals surface area contributed by atoms with E-state index in [-0.39, 0.29) is 18.9 Å². The molecule has 2 heterocycles. The Hall–Kier alpha value is -2.57. The first-order chi connectivity index (χ1) is 38.6. The summed E-state index contributed by atoms with van der Waals surface area (Å²) in [6.07, 6.45) is 50.0. The lowest BCUT2D eigenvalue weighted by atomic mass is 9.97. The lowest BCUT2D eigenvalue weighted by molar-refractivity contribution is -0.359. The Bertz CT molecular complexity index is 1600. The lowest BCUT2D eigenvalue weighted by Gasteiger charge is -2.46. The zero-order valence-electron chi connectivity index (χ0n) is 49.3. The molecule has 12 unspecified atom stereocenters. The Balaban J connectivity index is 1.54. The van der Waals surface area contributed by atoms with Crippen molar-refractivity contribution in [3.63, 3.8) is 0 Å². The number of unbranched alkanes of at least 4 members (excludes halogenated alkanes) is 27. The first-order valence-electron chi connectivity index (χ1n) is 31.7. The molecule has 14 nitrogen and oxygen atoms in total. The molecule has 79 heavy (non-hydrogen) atoms. The van der Waals surface area contributed by atoms with Gasteiger partial charge in [0.2, 0.25) is 5.91 Å². The average molecular weight is 1120 g/mol. The molecule has 0 aliphatic carbocycles. The Kier molecular flexibility index (Phi) is 45.9. The molecule has 0 aromatic carbocycles. The second-order valence-corrected chi connectivity index (χ2v) is 22.2. The van der Waals surface area contributed by atoms with Crippen molar-refractivity contribution < 1.29 is 64.6 Å². The normalized spacial score (nSPS) is 24.9. The van der Waals surface area contributed by atoms with Gasteiger partial charge in [0, 0.05) is 6.42 Å². The molecule has 2 fully saturated rings. The number of nitrogens with one attached hydrogen (secondary N) is 1. The number of amides is 1. The summed E-state index contributed by atoms with van der Waals surface area (Å²) in [5, 5.41) is 86.8. The van der Waals surface area contributed by atoms with E-state index in [9.17, 15) is 45.6 Å². The second-order valence-electron chi connectivity index (χ2n) is 22.2. The van der Waals surface area contributed by atoms with E-state index in [2.05, 4.69) is 79.9 Å². The zero-order chi connectivity index (χ0) is 57.4. The number of allylic oxidation sites excluding steroid dienone is 11. The highest BCUT2D eigenvalue weighted by Crippen LogP contribution is 2.30. The first kappa shape index (κ1) is 72.5. The van der Waals surface area contributed by atoms with E-state index in [0.717, 1.165) is 77.0 Å². The van der Waals surface area contributed by atoms with Gasteiger partial charge in [0.15, 0.2) is 12.6 Å². The van der Waals surface area contributed by atoms with Crippen molar-refractivity contribution in [2.45, 2.75) is 312 Å². The molecule has 458 valence electrons. The van der Waals surface area contributed by atoms with Crippen LogP contribution in [-0.4, -0.2) is 140 Å². The van der Waals surface area contributed by atoms with Crippen molar-refractivity contribution in [2.75, 3.05) is 19.8 Å². The van der Waals surface area contributed by atoms with Gasteiger partial charge in [-0.15, -0.1) is 0 Å². The van der Waals surface area contributed by atoms with Crippen LogP contribution in [0.3, 0.4) is 0 Å². The number of aliphatic hydroxyl groups excluding tert-OH is 8. The van der Waals surface area contributed by atoms with Gasteiger partial charge in [-0.25, -0.2) is 0 Å². The van der Waals surface area contributed by atoms with Crippen molar-refractivity contribution in [2.24, 2.45) is 0 Å². The summed E-state index contributed by atoms with van der Waals surface area (Å²) in [7, 11) is 0. The molecular weight excluding hydrogens is 1000 g/mol. The molecular formula is C65H115NO13. The van der Waals surface area contributed by atoms with Gasteiger partial charge >= 0.3 is 0 Å². The highest BCUT2D eigenvalue weighted by Gasteiger charge is 2.51. The summed E-state index contributed by atoms with van der Waals surface area (Å²) in [4.78, 5) is 13.2. The Morgan fingerprint density at radius 1 is 0.468 bits per heavy atom. The van der Waals surface area contributed by atoms with E-state index in [4.69, 9.17) is 18.9 Å². The van der Waals surface area contributed by atoms with Crippen LogP contribution in [0.5, 0.6) is 0 Å². The van der Waals surface area contributed by atoms with Gasteiger partial charge in [-0.3, -0.25) is 4.79 Å². The highest BCUT2D eigenvalue weighted by molar-refractivity contribution is 5.76. The Morgan fingerprint density at radius 3 is 1.34 bits per heavy atom. The third-order valence-electron chi connectivity index (χ3n) is 15.1. The minimum atomic E-state index is -1.79. The molecule has 2 saturated heterocycles. The van der Waals surface area contributed by atoms with E-state index < -0.39 is 86.8 Å². The van der Waals surface area contributed by atoms with Gasteiger partial charge in [0.1, 0.15) is 48.8 Å². The van der Waals surface area contributed by atoms with Crippen molar-refractivity contribution >= 4 is 5.91 Å². The summed E-state index contributed by atoms with van der Waals surface area (Å²) in [6, 6.07) is -0.912. The van der Waals surface area contributed by atoms with Gasteiger partial charge in [-0.05, 0) is 64.2 Å². The molecule has 0 radical (unpaired) electrons. The van der Waals surface area contributed by atoms with Crippen molar-refractivity contribution in [1.82, 2.24) is 5.32 Å². The monoisotopic (exact) mass is 1120 g/mol. The summed E-state index contributed by atoms with van der Waals surface area (Å²) in [6.45, 7) is 2.63. The van der Waals surface area contributed by atoms with Crippen molar-refractivity contribution in [1.29, 1.82) is 0 Å². The Morgan fingerprint density at radius 2 is 0.873 bits per heavy atom. The number of hydrogen-bond acceptors (Lipinski definition) is 13. The highest BCUT2D eigenvalue weighted by atomic mass is 16.7. The standard InChI is InChI=1S/C65H115NO13/c1-3-5-7-9-11-13-14-15-16-17-18-19-20-21-22-23-24-25-26-27-28-29-30-31-32-33-34-35-36-37-38-39-40-41-43-45-47-49-57(70)66-53(54(69)48-46-44-42-12-10-8-6-4-2)52-76-64-62(75)60(73)63(56(51-68)78-64)79-65-61(74)59(72)58(71)55(50-67)77-65/h5,7,11,13,15-16,18-19,21-22,46,48,53-56,58-65,67-69,71-75H,3-4,6,8-10,12,14,17,20,23-45,47,49-52H2,1-2H3,(H,66,70)/b7-5-,13-11-,16-15-,19-18-,22-21-,48-46+. The van der Waals surface area contributed by atoms with Crippen molar-refractivity contribution in [3.8, 4) is 0 Å². The minimum Gasteiger partial charge on any atom is -0.394 e. The third kappa shape index (κ3) is 35.2. The topological polar surface area (TPSA) is 228 Å². The minimum absolute atomic E-state index is 0.242. The summed E-state index contributed by atoms with van der Waals surface area (Å²) >= 11 is 0. The van der Waals surface area contributed by atoms with Gasteiger partial charge in [0.05, 0.1) is 32.0 Å². The molecule has 0 bridgehead atoms. The van der Waals surface area contributed by atoms with Gasteiger partial charge < -0.3 is 65.1 Å². The average Bonchev–Trinajstić information content (AvgIpc) is 3.47. The number of carbonyl (C=O) groups is 1. The van der Waals surface area contributed by atoms with Crippen LogP contribution in [0, 0.1) is 0 Å². The fourth-order valence-electron chi connectivity index (χ4n) is 10.1. The quantitative estimate of drug-likeness (QED) is 0.0204. The predicted molar refractivity (Wildman–Crippen MR) is 318 cm³/mol. The molecule has 0 aromatic heterocycles. The van der Waals surface area contributed by atoms with Crippen LogP contribution in [0.25, 0.3) is 0 Å². The number of aliphatic hydroxyl groups is 8. The van der Waals surface area contributed by atoms with Gasteiger partial charge in [-0.2, -0.15) is 0 Å². The smallest absolute Gasteiger partial charge is 0.220 e. The molecule has 2 aliphatic heterocycles. The van der Waals surface area contributed by atoms with E-state index in [1.807, 2.05) is 6.08 Å². The SMILES string of the molecule is CC/C=C\C/C=C\C/C=C\C/C=C\C/C=C\CCCCCCCCCCCCCCCCCCCCCCCC(=O)NC(COC1OC(CO)C(OC2OC(CO)C(O)C(O)C2O)C(O)C1O)C(O)/C=C/CCCCCCCC. The number of rotatable bonds is 50. The van der Waals surface area contributed by atoms with Crippen LogP contribution in [-0.2, 0) is 23.7 Å². The molecule has 0 saturated carbocycles. The van der Waals surface area contributed by atoms with Crippen LogP contribution >= 0.6 is 0 Å². The van der Waals surface area contributed by atoms with Crippen LogP contribution in [0.1, 0.15) is 239 Å². The zero-order valence-corrected chi connectivity index (χ0v) is 49.3. The van der Waals surface area contributed by atoms with Crippen LogP contribution in [0.4, 0.5) is 0 Å². The fraction of sp³-hybridized carbons (Fsp3) is 0.800. The van der Waals surface area contributed by atoms with E-state index in [1.165, 1.54) is 135 Å². The molecule has 14 heteroatoms. The summed E-state index contributed by atoms with van der Waals surface area (Å²) in [5.41, 5.74) is 0. The first-order valence-corrected chi connectivity index (χ1v) is 31.7. The summed E-state index contributed by atoms with van der Waals surface area (Å²) < 4.78 is 22.7. The maximum absolute atomic E-state index is 13.2.